The Morgan fingerprint density at radius 3 is 2.23 bits per heavy atom. The zero-order valence-electron chi connectivity index (χ0n) is 14.7. The summed E-state index contributed by atoms with van der Waals surface area (Å²) < 4.78 is 18.5. The second kappa shape index (κ2) is 8.99. The van der Waals surface area contributed by atoms with Gasteiger partial charge in [-0.1, -0.05) is 24.3 Å². The highest BCUT2D eigenvalue weighted by Crippen LogP contribution is 2.21. The van der Waals surface area contributed by atoms with E-state index in [0.717, 1.165) is 0 Å². The number of aliphatic carboxylic acids is 1. The number of carbonyl (C=O) groups is 2. The number of hydrogen-bond donors (Lipinski definition) is 2. The van der Waals surface area contributed by atoms with Gasteiger partial charge in [0.15, 0.2) is 0 Å². The summed E-state index contributed by atoms with van der Waals surface area (Å²) in [6.45, 7) is 3.83. The van der Waals surface area contributed by atoms with E-state index in [0.29, 0.717) is 16.9 Å². The predicted octanol–water partition coefficient (Wildman–Crippen LogP) is 3.49. The number of hydrogen-bond acceptors (Lipinski definition) is 3. The first-order chi connectivity index (χ1) is 12.3. The summed E-state index contributed by atoms with van der Waals surface area (Å²) in [6, 6.07) is 11.9. The van der Waals surface area contributed by atoms with Gasteiger partial charge in [-0.05, 0) is 49.2 Å². The number of rotatable bonds is 8. The van der Waals surface area contributed by atoms with Gasteiger partial charge in [-0.25, -0.2) is 4.39 Å². The predicted molar refractivity (Wildman–Crippen MR) is 95.4 cm³/mol. The van der Waals surface area contributed by atoms with Crippen molar-refractivity contribution >= 4 is 11.9 Å². The van der Waals surface area contributed by atoms with Crippen LogP contribution in [0.4, 0.5) is 4.39 Å². The van der Waals surface area contributed by atoms with Gasteiger partial charge in [0.05, 0.1) is 25.0 Å². The van der Waals surface area contributed by atoms with Gasteiger partial charge in [-0.2, -0.15) is 0 Å². The molecule has 1 amide bonds. The van der Waals surface area contributed by atoms with Crippen LogP contribution in [0.1, 0.15) is 37.4 Å². The molecule has 0 fully saturated rings. The van der Waals surface area contributed by atoms with Gasteiger partial charge in [-0.3, -0.25) is 9.59 Å². The van der Waals surface area contributed by atoms with E-state index in [9.17, 15) is 14.0 Å². The quantitative estimate of drug-likeness (QED) is 0.757. The molecule has 2 aromatic rings. The monoisotopic (exact) mass is 359 g/mol. The van der Waals surface area contributed by atoms with Crippen molar-refractivity contribution in [3.63, 3.8) is 0 Å². The van der Waals surface area contributed by atoms with Crippen LogP contribution in [0.2, 0.25) is 0 Å². The second-order valence-electron chi connectivity index (χ2n) is 6.26. The standard InChI is InChI=1S/C20H22FNO4/c1-13(2)26-17-9-5-15(6-10-17)18(12-20(24)25)22-19(23)11-14-3-7-16(21)8-4-14/h3-10,13,18H,11-12H2,1-2H3,(H,22,23)(H,24,25)/t18-/m1/s1. The normalized spacial score (nSPS) is 11.8. The fourth-order valence-electron chi connectivity index (χ4n) is 2.51. The summed E-state index contributed by atoms with van der Waals surface area (Å²) in [5.41, 5.74) is 1.33. The van der Waals surface area contributed by atoms with Crippen LogP contribution in [0.25, 0.3) is 0 Å². The van der Waals surface area contributed by atoms with E-state index in [-0.39, 0.29) is 30.7 Å². The molecule has 138 valence electrons. The van der Waals surface area contributed by atoms with Crippen molar-refractivity contribution in [1.82, 2.24) is 5.32 Å². The van der Waals surface area contributed by atoms with Crippen molar-refractivity contribution in [3.05, 3.63) is 65.5 Å². The van der Waals surface area contributed by atoms with Crippen LogP contribution in [0.3, 0.4) is 0 Å². The van der Waals surface area contributed by atoms with E-state index >= 15 is 0 Å². The summed E-state index contributed by atoms with van der Waals surface area (Å²) in [6.07, 6.45) is -0.157. The highest BCUT2D eigenvalue weighted by atomic mass is 19.1. The third-order valence-electron chi connectivity index (χ3n) is 3.65. The summed E-state index contributed by atoms with van der Waals surface area (Å²) in [5.74, 6) is -1.04. The highest BCUT2D eigenvalue weighted by Gasteiger charge is 2.18. The van der Waals surface area contributed by atoms with Gasteiger partial charge in [0.1, 0.15) is 11.6 Å². The molecule has 1 atom stereocenters. The van der Waals surface area contributed by atoms with Crippen LogP contribution in [-0.4, -0.2) is 23.1 Å². The Balaban J connectivity index is 2.07. The number of amides is 1. The van der Waals surface area contributed by atoms with Crippen molar-refractivity contribution in [2.75, 3.05) is 0 Å². The Morgan fingerprint density at radius 1 is 1.08 bits per heavy atom. The van der Waals surface area contributed by atoms with Crippen LogP contribution < -0.4 is 10.1 Å². The summed E-state index contributed by atoms with van der Waals surface area (Å²) in [7, 11) is 0. The van der Waals surface area contributed by atoms with E-state index in [4.69, 9.17) is 9.84 Å². The third-order valence-corrected chi connectivity index (χ3v) is 3.65. The maximum atomic E-state index is 12.9. The molecule has 0 saturated carbocycles. The van der Waals surface area contributed by atoms with Crippen LogP contribution in [0.15, 0.2) is 48.5 Å². The zero-order chi connectivity index (χ0) is 19.1. The molecule has 6 heteroatoms. The molecule has 0 aliphatic heterocycles. The number of ether oxygens (including phenoxy) is 1. The Labute approximate surface area is 151 Å². The molecule has 0 heterocycles. The van der Waals surface area contributed by atoms with Crippen molar-refractivity contribution in [3.8, 4) is 5.75 Å². The number of carbonyl (C=O) groups excluding carboxylic acids is 1. The van der Waals surface area contributed by atoms with Crippen LogP contribution in [0, 0.1) is 5.82 Å². The molecule has 0 aliphatic rings. The maximum absolute atomic E-state index is 12.9. The molecule has 2 N–H and O–H groups in total. The Kier molecular flexibility index (Phi) is 6.72. The molecular formula is C20H22FNO4. The smallest absolute Gasteiger partial charge is 0.305 e. The maximum Gasteiger partial charge on any atom is 0.305 e. The van der Waals surface area contributed by atoms with Gasteiger partial charge >= 0.3 is 5.97 Å². The van der Waals surface area contributed by atoms with Gasteiger partial charge in [0.25, 0.3) is 0 Å². The lowest BCUT2D eigenvalue weighted by molar-refractivity contribution is -0.137. The minimum atomic E-state index is -1.01. The highest BCUT2D eigenvalue weighted by molar-refractivity contribution is 5.80. The molecule has 26 heavy (non-hydrogen) atoms. The Hall–Kier alpha value is -2.89. The van der Waals surface area contributed by atoms with Crippen molar-refractivity contribution in [2.45, 2.75) is 38.8 Å². The second-order valence-corrected chi connectivity index (χ2v) is 6.26. The number of benzene rings is 2. The number of carboxylic acids is 1. The molecule has 5 nitrogen and oxygen atoms in total. The average molecular weight is 359 g/mol. The van der Waals surface area contributed by atoms with Gasteiger partial charge in [0.2, 0.25) is 5.91 Å². The van der Waals surface area contributed by atoms with Crippen LogP contribution >= 0.6 is 0 Å². The van der Waals surface area contributed by atoms with Crippen LogP contribution in [0.5, 0.6) is 5.75 Å². The van der Waals surface area contributed by atoms with E-state index in [1.165, 1.54) is 24.3 Å². The topological polar surface area (TPSA) is 75.6 Å². The number of halogens is 1. The molecule has 0 spiro atoms. The fourth-order valence-corrected chi connectivity index (χ4v) is 2.51. The minimum Gasteiger partial charge on any atom is -0.491 e. The summed E-state index contributed by atoms with van der Waals surface area (Å²) in [5, 5.41) is 11.9. The molecule has 0 unspecified atom stereocenters. The summed E-state index contributed by atoms with van der Waals surface area (Å²) in [4.78, 5) is 23.4. The van der Waals surface area contributed by atoms with E-state index in [1.54, 1.807) is 24.3 Å². The zero-order valence-corrected chi connectivity index (χ0v) is 14.7. The fraction of sp³-hybridized carbons (Fsp3) is 0.300. The molecule has 0 radical (unpaired) electrons. The minimum absolute atomic E-state index is 0.0334. The van der Waals surface area contributed by atoms with Gasteiger partial charge < -0.3 is 15.2 Å². The lowest BCUT2D eigenvalue weighted by atomic mass is 10.0. The Morgan fingerprint density at radius 2 is 1.69 bits per heavy atom. The summed E-state index contributed by atoms with van der Waals surface area (Å²) >= 11 is 0. The first-order valence-electron chi connectivity index (χ1n) is 8.35. The lowest BCUT2D eigenvalue weighted by Gasteiger charge is -2.18. The number of nitrogens with one attached hydrogen (secondary N) is 1. The van der Waals surface area contributed by atoms with Crippen molar-refractivity contribution < 1.29 is 23.8 Å². The van der Waals surface area contributed by atoms with E-state index < -0.39 is 12.0 Å². The van der Waals surface area contributed by atoms with E-state index in [2.05, 4.69) is 5.32 Å². The first-order valence-corrected chi connectivity index (χ1v) is 8.35. The molecule has 2 rings (SSSR count). The molecular weight excluding hydrogens is 337 g/mol. The van der Waals surface area contributed by atoms with Crippen molar-refractivity contribution in [1.29, 1.82) is 0 Å². The molecule has 0 saturated heterocycles. The third kappa shape index (κ3) is 6.20. The van der Waals surface area contributed by atoms with E-state index in [1.807, 2.05) is 13.8 Å². The average Bonchev–Trinajstić information content (AvgIpc) is 2.56. The molecule has 0 aromatic heterocycles. The Bertz CT molecular complexity index is 741. The largest absolute Gasteiger partial charge is 0.491 e. The van der Waals surface area contributed by atoms with Gasteiger partial charge in [-0.15, -0.1) is 0 Å². The van der Waals surface area contributed by atoms with Crippen LogP contribution in [-0.2, 0) is 16.0 Å². The SMILES string of the molecule is CC(C)Oc1ccc([C@@H](CC(=O)O)NC(=O)Cc2ccc(F)cc2)cc1. The first kappa shape index (κ1) is 19.4. The molecule has 2 aromatic carbocycles. The lowest BCUT2D eigenvalue weighted by Crippen LogP contribution is -2.31. The molecule has 0 aliphatic carbocycles. The molecule has 0 bridgehead atoms. The van der Waals surface area contributed by atoms with Crippen molar-refractivity contribution in [2.24, 2.45) is 0 Å². The van der Waals surface area contributed by atoms with Gasteiger partial charge in [0, 0.05) is 0 Å². The number of carboxylic acid groups (broad SMARTS) is 1.